The highest BCUT2D eigenvalue weighted by atomic mass is 16.5. The summed E-state index contributed by atoms with van der Waals surface area (Å²) < 4.78 is 10.6. The lowest BCUT2D eigenvalue weighted by molar-refractivity contribution is 0.0214. The Bertz CT molecular complexity index is 350. The van der Waals surface area contributed by atoms with Crippen LogP contribution in [-0.2, 0) is 4.74 Å². The minimum Gasteiger partial charge on any atom is -0.497 e. The normalized spacial score (nSPS) is 13.5. The molecule has 0 radical (unpaired) electrons. The van der Waals surface area contributed by atoms with Crippen molar-refractivity contribution in [3.05, 3.63) is 29.8 Å². The molecule has 0 aliphatic heterocycles. The fourth-order valence-electron chi connectivity index (χ4n) is 1.50. The van der Waals surface area contributed by atoms with Crippen molar-refractivity contribution in [2.45, 2.75) is 32.4 Å². The molecular formula is C14H23NO2. The zero-order chi connectivity index (χ0) is 12.9. The summed E-state index contributed by atoms with van der Waals surface area (Å²) in [6, 6.07) is 8.39. The Balaban J connectivity index is 2.60. The molecule has 0 aliphatic rings. The van der Waals surface area contributed by atoms with Gasteiger partial charge in [-0.3, -0.25) is 0 Å². The van der Waals surface area contributed by atoms with Gasteiger partial charge in [0.2, 0.25) is 0 Å². The van der Waals surface area contributed by atoms with Gasteiger partial charge in [0.25, 0.3) is 0 Å². The Morgan fingerprint density at radius 2 is 2.00 bits per heavy atom. The number of nitrogens with one attached hydrogen (secondary N) is 1. The van der Waals surface area contributed by atoms with Crippen LogP contribution in [0.2, 0.25) is 0 Å². The average molecular weight is 237 g/mol. The molecule has 0 heterocycles. The second kappa shape index (κ2) is 6.03. The standard InChI is InChI=1S/C14H23NO2/c1-11(15-10-14(2,3)17-5)12-7-6-8-13(9-12)16-4/h6-9,11,15H,10H2,1-5H3. The molecule has 0 saturated carbocycles. The van der Waals surface area contributed by atoms with Crippen molar-refractivity contribution >= 4 is 0 Å². The summed E-state index contributed by atoms with van der Waals surface area (Å²) in [5.74, 6) is 0.891. The number of hydrogen-bond acceptors (Lipinski definition) is 3. The molecule has 1 N–H and O–H groups in total. The fraction of sp³-hybridized carbons (Fsp3) is 0.571. The van der Waals surface area contributed by atoms with Gasteiger partial charge < -0.3 is 14.8 Å². The molecule has 17 heavy (non-hydrogen) atoms. The zero-order valence-electron chi connectivity index (χ0n) is 11.4. The van der Waals surface area contributed by atoms with Crippen LogP contribution in [0, 0.1) is 0 Å². The van der Waals surface area contributed by atoms with E-state index in [0.29, 0.717) is 0 Å². The van der Waals surface area contributed by atoms with Crippen molar-refractivity contribution in [2.75, 3.05) is 20.8 Å². The maximum atomic E-state index is 5.38. The van der Waals surface area contributed by atoms with E-state index in [0.717, 1.165) is 12.3 Å². The zero-order valence-corrected chi connectivity index (χ0v) is 11.4. The van der Waals surface area contributed by atoms with Crippen LogP contribution in [0.15, 0.2) is 24.3 Å². The molecule has 0 fully saturated rings. The number of rotatable bonds is 6. The second-order valence-corrected chi connectivity index (χ2v) is 4.84. The first-order valence-electron chi connectivity index (χ1n) is 5.91. The monoisotopic (exact) mass is 237 g/mol. The Morgan fingerprint density at radius 3 is 2.59 bits per heavy atom. The molecule has 1 aromatic carbocycles. The molecule has 1 unspecified atom stereocenters. The van der Waals surface area contributed by atoms with Gasteiger partial charge in [-0.25, -0.2) is 0 Å². The summed E-state index contributed by atoms with van der Waals surface area (Å²) in [6.07, 6.45) is 0. The van der Waals surface area contributed by atoms with E-state index in [9.17, 15) is 0 Å². The van der Waals surface area contributed by atoms with Gasteiger partial charge in [-0.1, -0.05) is 12.1 Å². The van der Waals surface area contributed by atoms with Crippen LogP contribution < -0.4 is 10.1 Å². The summed E-state index contributed by atoms with van der Waals surface area (Å²) in [5, 5.41) is 3.46. The van der Waals surface area contributed by atoms with E-state index < -0.39 is 0 Å². The lowest BCUT2D eigenvalue weighted by Gasteiger charge is -2.26. The Hall–Kier alpha value is -1.06. The first-order chi connectivity index (χ1) is 7.98. The van der Waals surface area contributed by atoms with Gasteiger partial charge in [0.1, 0.15) is 5.75 Å². The largest absolute Gasteiger partial charge is 0.497 e. The van der Waals surface area contributed by atoms with Gasteiger partial charge in [-0.15, -0.1) is 0 Å². The highest BCUT2D eigenvalue weighted by molar-refractivity contribution is 5.30. The Morgan fingerprint density at radius 1 is 1.29 bits per heavy atom. The third-order valence-electron chi connectivity index (χ3n) is 2.98. The van der Waals surface area contributed by atoms with Crippen LogP contribution in [0.4, 0.5) is 0 Å². The quantitative estimate of drug-likeness (QED) is 0.825. The van der Waals surface area contributed by atoms with Crippen molar-refractivity contribution in [2.24, 2.45) is 0 Å². The number of hydrogen-bond donors (Lipinski definition) is 1. The van der Waals surface area contributed by atoms with Crippen LogP contribution in [0.3, 0.4) is 0 Å². The van der Waals surface area contributed by atoms with E-state index in [-0.39, 0.29) is 11.6 Å². The van der Waals surface area contributed by atoms with E-state index in [1.165, 1.54) is 5.56 Å². The van der Waals surface area contributed by atoms with E-state index in [1.807, 2.05) is 12.1 Å². The lowest BCUT2D eigenvalue weighted by Crippen LogP contribution is -2.37. The van der Waals surface area contributed by atoms with Crippen LogP contribution in [-0.4, -0.2) is 26.4 Å². The molecule has 0 aromatic heterocycles. The average Bonchev–Trinajstić information content (AvgIpc) is 2.36. The maximum absolute atomic E-state index is 5.38. The molecule has 1 rings (SSSR count). The molecule has 3 nitrogen and oxygen atoms in total. The highest BCUT2D eigenvalue weighted by Crippen LogP contribution is 2.19. The molecule has 0 spiro atoms. The fourth-order valence-corrected chi connectivity index (χ4v) is 1.50. The smallest absolute Gasteiger partial charge is 0.119 e. The Labute approximate surface area is 104 Å². The summed E-state index contributed by atoms with van der Waals surface area (Å²) in [5.41, 5.74) is 1.07. The van der Waals surface area contributed by atoms with E-state index >= 15 is 0 Å². The van der Waals surface area contributed by atoms with Gasteiger partial charge >= 0.3 is 0 Å². The predicted octanol–water partition coefficient (Wildman–Crippen LogP) is 2.77. The highest BCUT2D eigenvalue weighted by Gasteiger charge is 2.17. The van der Waals surface area contributed by atoms with E-state index in [1.54, 1.807) is 14.2 Å². The summed E-state index contributed by atoms with van der Waals surface area (Å²) in [6.45, 7) is 7.08. The number of benzene rings is 1. The van der Waals surface area contributed by atoms with Gasteiger partial charge in [0.05, 0.1) is 12.7 Å². The molecule has 0 aliphatic carbocycles. The third-order valence-corrected chi connectivity index (χ3v) is 2.98. The van der Waals surface area contributed by atoms with Gasteiger partial charge in [0.15, 0.2) is 0 Å². The summed E-state index contributed by atoms with van der Waals surface area (Å²) in [7, 11) is 3.42. The molecule has 3 heteroatoms. The number of ether oxygens (including phenoxy) is 2. The van der Waals surface area contributed by atoms with Gasteiger partial charge in [0, 0.05) is 19.7 Å². The molecule has 0 saturated heterocycles. The van der Waals surface area contributed by atoms with Crippen molar-refractivity contribution in [3.8, 4) is 5.75 Å². The Kier molecular flexibility index (Phi) is 4.97. The summed E-state index contributed by atoms with van der Waals surface area (Å²) >= 11 is 0. The number of methoxy groups -OCH3 is 2. The van der Waals surface area contributed by atoms with Crippen LogP contribution >= 0.6 is 0 Å². The summed E-state index contributed by atoms with van der Waals surface area (Å²) in [4.78, 5) is 0. The molecule has 0 amide bonds. The molecule has 96 valence electrons. The second-order valence-electron chi connectivity index (χ2n) is 4.84. The third kappa shape index (κ3) is 4.36. The molecule has 1 atom stereocenters. The molecular weight excluding hydrogens is 214 g/mol. The van der Waals surface area contributed by atoms with Crippen LogP contribution in [0.25, 0.3) is 0 Å². The van der Waals surface area contributed by atoms with Crippen LogP contribution in [0.1, 0.15) is 32.4 Å². The van der Waals surface area contributed by atoms with E-state index in [2.05, 4.69) is 38.2 Å². The van der Waals surface area contributed by atoms with Crippen molar-refractivity contribution < 1.29 is 9.47 Å². The van der Waals surface area contributed by atoms with E-state index in [4.69, 9.17) is 9.47 Å². The van der Waals surface area contributed by atoms with Crippen molar-refractivity contribution in [3.63, 3.8) is 0 Å². The minimum absolute atomic E-state index is 0.146. The maximum Gasteiger partial charge on any atom is 0.119 e. The first-order valence-corrected chi connectivity index (χ1v) is 5.91. The lowest BCUT2D eigenvalue weighted by atomic mass is 10.1. The molecule has 1 aromatic rings. The van der Waals surface area contributed by atoms with Crippen molar-refractivity contribution in [1.82, 2.24) is 5.32 Å². The van der Waals surface area contributed by atoms with Crippen molar-refractivity contribution in [1.29, 1.82) is 0 Å². The van der Waals surface area contributed by atoms with Gasteiger partial charge in [-0.05, 0) is 38.5 Å². The predicted molar refractivity (Wildman–Crippen MR) is 70.5 cm³/mol. The topological polar surface area (TPSA) is 30.5 Å². The minimum atomic E-state index is -0.146. The first kappa shape index (κ1) is 14.0. The SMILES string of the molecule is COc1cccc(C(C)NCC(C)(C)OC)c1. The van der Waals surface area contributed by atoms with Gasteiger partial charge in [-0.2, -0.15) is 0 Å². The van der Waals surface area contributed by atoms with Crippen LogP contribution in [0.5, 0.6) is 5.75 Å². The molecule has 0 bridgehead atoms.